The normalized spacial score (nSPS) is 24.5. The Balaban J connectivity index is 2.10. The zero-order chi connectivity index (χ0) is 12.4. The molecule has 1 aliphatic rings. The van der Waals surface area contributed by atoms with Gasteiger partial charge in [0.05, 0.1) is 10.3 Å². The number of carbonyl (C=O) groups is 1. The molecule has 6 nitrogen and oxygen atoms in total. The number of hydrogen-bond acceptors (Lipinski definition) is 6. The van der Waals surface area contributed by atoms with Gasteiger partial charge in [-0.2, -0.15) is 0 Å². The zero-order valence-electron chi connectivity index (χ0n) is 8.66. The molecule has 92 valence electrons. The van der Waals surface area contributed by atoms with Crippen molar-refractivity contribution in [1.82, 2.24) is 5.32 Å². The van der Waals surface area contributed by atoms with Crippen LogP contribution in [0.1, 0.15) is 17.4 Å². The van der Waals surface area contributed by atoms with E-state index in [1.54, 1.807) is 17.1 Å². The van der Waals surface area contributed by atoms with E-state index in [9.17, 15) is 14.9 Å². The highest BCUT2D eigenvalue weighted by Crippen LogP contribution is 2.36. The first-order valence-electron chi connectivity index (χ1n) is 4.91. The van der Waals surface area contributed by atoms with Crippen molar-refractivity contribution in [1.29, 1.82) is 0 Å². The number of carboxylic acid groups (broad SMARTS) is 1. The lowest BCUT2D eigenvalue weighted by Crippen LogP contribution is -2.41. The number of nitrogens with zero attached hydrogens (tertiary/aromatic N) is 1. The Kier molecular flexibility index (Phi) is 3.65. The highest BCUT2D eigenvalue weighted by molar-refractivity contribution is 7.99. The average Bonchev–Trinajstić information content (AvgIpc) is 2.78. The van der Waals surface area contributed by atoms with Crippen LogP contribution in [0.4, 0.5) is 5.00 Å². The van der Waals surface area contributed by atoms with Crippen LogP contribution in [0.25, 0.3) is 0 Å². The van der Waals surface area contributed by atoms with Crippen LogP contribution in [0.5, 0.6) is 0 Å². The highest BCUT2D eigenvalue weighted by Gasteiger charge is 2.28. The standard InChI is InChI=1S/C9H10N2O4S2/c12-9(13)6-1-2-16-8(10-6)5-3-7(11(14)15)17-4-5/h3-4,6,8,10H,1-2H2,(H,12,13). The zero-order valence-corrected chi connectivity index (χ0v) is 10.3. The van der Waals surface area contributed by atoms with Gasteiger partial charge >= 0.3 is 11.0 Å². The minimum atomic E-state index is -0.875. The molecule has 2 atom stereocenters. The molecule has 2 rings (SSSR count). The number of aliphatic carboxylic acids is 1. The van der Waals surface area contributed by atoms with E-state index in [0.29, 0.717) is 6.42 Å². The Morgan fingerprint density at radius 2 is 2.41 bits per heavy atom. The molecule has 0 bridgehead atoms. The lowest BCUT2D eigenvalue weighted by atomic mass is 10.2. The summed E-state index contributed by atoms with van der Waals surface area (Å²) in [7, 11) is 0. The van der Waals surface area contributed by atoms with Gasteiger partial charge in [-0.25, -0.2) is 0 Å². The molecular formula is C9H10N2O4S2. The van der Waals surface area contributed by atoms with Crippen molar-refractivity contribution >= 4 is 34.1 Å². The molecule has 8 heteroatoms. The number of nitro groups is 1. The first-order chi connectivity index (χ1) is 8.08. The first kappa shape index (κ1) is 12.3. The third-order valence-electron chi connectivity index (χ3n) is 2.43. The summed E-state index contributed by atoms with van der Waals surface area (Å²) >= 11 is 2.63. The van der Waals surface area contributed by atoms with Gasteiger partial charge in [0.1, 0.15) is 6.04 Å². The minimum absolute atomic E-state index is 0.0832. The van der Waals surface area contributed by atoms with Crippen LogP contribution in [0.15, 0.2) is 11.4 Å². The second kappa shape index (κ2) is 5.03. The van der Waals surface area contributed by atoms with Crippen molar-refractivity contribution in [2.75, 3.05) is 5.75 Å². The van der Waals surface area contributed by atoms with E-state index in [0.717, 1.165) is 22.7 Å². The van der Waals surface area contributed by atoms with Crippen molar-refractivity contribution in [2.45, 2.75) is 17.8 Å². The highest BCUT2D eigenvalue weighted by atomic mass is 32.2. The lowest BCUT2D eigenvalue weighted by molar-refractivity contribution is -0.380. The lowest BCUT2D eigenvalue weighted by Gasteiger charge is -2.27. The number of nitrogens with one attached hydrogen (secondary N) is 1. The summed E-state index contributed by atoms with van der Waals surface area (Å²) in [5, 5.41) is 24.1. The van der Waals surface area contributed by atoms with Gasteiger partial charge in [0.2, 0.25) is 0 Å². The second-order valence-corrected chi connectivity index (χ2v) is 5.68. The molecule has 2 N–H and O–H groups in total. The average molecular weight is 274 g/mol. The Bertz CT molecular complexity index is 448. The minimum Gasteiger partial charge on any atom is -0.480 e. The van der Waals surface area contributed by atoms with Gasteiger partial charge in [-0.15, -0.1) is 11.8 Å². The molecule has 1 aromatic rings. The summed E-state index contributed by atoms with van der Waals surface area (Å²) in [5.41, 5.74) is 0.776. The molecule has 1 fully saturated rings. The molecule has 0 aromatic carbocycles. The van der Waals surface area contributed by atoms with Crippen molar-refractivity contribution in [3.8, 4) is 0 Å². The van der Waals surface area contributed by atoms with Gasteiger partial charge in [0.25, 0.3) is 0 Å². The van der Waals surface area contributed by atoms with E-state index < -0.39 is 16.9 Å². The number of thiophene rings is 1. The quantitative estimate of drug-likeness (QED) is 0.645. The van der Waals surface area contributed by atoms with Gasteiger partial charge < -0.3 is 5.11 Å². The van der Waals surface area contributed by atoms with E-state index in [1.165, 1.54) is 6.07 Å². The van der Waals surface area contributed by atoms with E-state index in [1.807, 2.05) is 0 Å². The molecule has 0 radical (unpaired) electrons. The van der Waals surface area contributed by atoms with Crippen molar-refractivity contribution in [3.05, 3.63) is 27.1 Å². The predicted molar refractivity (Wildman–Crippen MR) is 65.3 cm³/mol. The molecule has 0 saturated carbocycles. The molecule has 2 heterocycles. The fraction of sp³-hybridized carbons (Fsp3) is 0.444. The van der Waals surface area contributed by atoms with E-state index in [2.05, 4.69) is 5.32 Å². The SMILES string of the molecule is O=C(O)C1CCSC(c2csc([N+](=O)[O-])c2)N1. The molecule has 0 spiro atoms. The second-order valence-electron chi connectivity index (χ2n) is 3.57. The van der Waals surface area contributed by atoms with Crippen LogP contribution in [0.3, 0.4) is 0 Å². The van der Waals surface area contributed by atoms with Crippen molar-refractivity contribution in [2.24, 2.45) is 0 Å². The number of thioether (sulfide) groups is 1. The third kappa shape index (κ3) is 2.76. The van der Waals surface area contributed by atoms with Crippen molar-refractivity contribution in [3.63, 3.8) is 0 Å². The van der Waals surface area contributed by atoms with Crippen LogP contribution in [-0.4, -0.2) is 27.8 Å². The van der Waals surface area contributed by atoms with Crippen LogP contribution in [0.2, 0.25) is 0 Å². The summed E-state index contributed by atoms with van der Waals surface area (Å²) in [6.45, 7) is 0. The molecule has 17 heavy (non-hydrogen) atoms. The smallest absolute Gasteiger partial charge is 0.324 e. The van der Waals surface area contributed by atoms with Gasteiger partial charge in [-0.3, -0.25) is 20.2 Å². The molecule has 1 saturated heterocycles. The molecule has 1 aromatic heterocycles. The fourth-order valence-corrected chi connectivity index (χ4v) is 3.61. The third-order valence-corrected chi connectivity index (χ3v) is 4.54. The molecule has 0 amide bonds. The summed E-state index contributed by atoms with van der Waals surface area (Å²) in [5.74, 6) is -0.141. The Hall–Kier alpha value is -1.12. The number of hydrogen-bond donors (Lipinski definition) is 2. The topological polar surface area (TPSA) is 92.5 Å². The van der Waals surface area contributed by atoms with Gasteiger partial charge in [-0.1, -0.05) is 11.3 Å². The Morgan fingerprint density at radius 1 is 1.65 bits per heavy atom. The van der Waals surface area contributed by atoms with E-state index >= 15 is 0 Å². The van der Waals surface area contributed by atoms with E-state index in [4.69, 9.17) is 5.11 Å². The van der Waals surface area contributed by atoms with Crippen LogP contribution in [0, 0.1) is 10.1 Å². The molecular weight excluding hydrogens is 264 g/mol. The number of rotatable bonds is 3. The fourth-order valence-electron chi connectivity index (χ4n) is 1.58. The number of carboxylic acids is 1. The van der Waals surface area contributed by atoms with Crippen LogP contribution < -0.4 is 5.32 Å². The molecule has 0 aliphatic carbocycles. The predicted octanol–water partition coefficient (Wildman–Crippen LogP) is 1.83. The van der Waals surface area contributed by atoms with Gasteiger partial charge in [0.15, 0.2) is 0 Å². The largest absolute Gasteiger partial charge is 0.480 e. The summed E-state index contributed by atoms with van der Waals surface area (Å²) in [6.07, 6.45) is 0.572. The summed E-state index contributed by atoms with van der Waals surface area (Å²) in [6, 6.07) is 0.930. The summed E-state index contributed by atoms with van der Waals surface area (Å²) in [4.78, 5) is 21.0. The van der Waals surface area contributed by atoms with Gasteiger partial charge in [0, 0.05) is 11.4 Å². The van der Waals surface area contributed by atoms with Crippen molar-refractivity contribution < 1.29 is 14.8 Å². The summed E-state index contributed by atoms with van der Waals surface area (Å²) < 4.78 is 0. The van der Waals surface area contributed by atoms with Crippen LogP contribution >= 0.6 is 23.1 Å². The maximum absolute atomic E-state index is 10.9. The Labute approximate surface area is 105 Å². The Morgan fingerprint density at radius 3 is 3.00 bits per heavy atom. The maximum Gasteiger partial charge on any atom is 0.324 e. The first-order valence-corrected chi connectivity index (χ1v) is 6.84. The molecule has 2 unspecified atom stereocenters. The monoisotopic (exact) mass is 274 g/mol. The van der Waals surface area contributed by atoms with Crippen LogP contribution in [-0.2, 0) is 4.79 Å². The maximum atomic E-state index is 10.9. The van der Waals surface area contributed by atoms with Gasteiger partial charge in [-0.05, 0) is 17.7 Å². The van der Waals surface area contributed by atoms with E-state index in [-0.39, 0.29) is 10.4 Å². The molecule has 1 aliphatic heterocycles.